The molecule has 1 heterocycles. The molecule has 20 heavy (non-hydrogen) atoms. The zero-order valence-electron chi connectivity index (χ0n) is 10.8. The molecule has 3 N–H and O–H groups in total. The van der Waals surface area contributed by atoms with Crippen molar-refractivity contribution in [1.29, 1.82) is 0 Å². The van der Waals surface area contributed by atoms with Crippen molar-refractivity contribution >= 4 is 21.4 Å². The van der Waals surface area contributed by atoms with E-state index in [1.165, 1.54) is 11.3 Å². The number of hydrogen-bond acceptors (Lipinski definition) is 5. The van der Waals surface area contributed by atoms with E-state index in [9.17, 15) is 8.42 Å². The van der Waals surface area contributed by atoms with Crippen LogP contribution in [0, 0.1) is 0 Å². The van der Waals surface area contributed by atoms with Crippen molar-refractivity contribution in [2.45, 2.75) is 11.4 Å². The lowest BCUT2D eigenvalue weighted by Crippen LogP contribution is -2.28. The molecule has 0 radical (unpaired) electrons. The van der Waals surface area contributed by atoms with E-state index in [-0.39, 0.29) is 18.0 Å². The fraction of sp³-hybridized carbons (Fsp3) is 0.231. The van der Waals surface area contributed by atoms with Crippen molar-refractivity contribution in [3.8, 4) is 5.75 Å². The minimum atomic E-state index is -3.48. The van der Waals surface area contributed by atoms with Crippen LogP contribution in [0.15, 0.2) is 46.7 Å². The van der Waals surface area contributed by atoms with E-state index in [4.69, 9.17) is 10.5 Å². The second kappa shape index (κ2) is 6.85. The molecule has 0 saturated carbocycles. The fourth-order valence-electron chi connectivity index (χ4n) is 1.55. The zero-order valence-corrected chi connectivity index (χ0v) is 12.4. The van der Waals surface area contributed by atoms with Gasteiger partial charge in [0.1, 0.15) is 12.4 Å². The molecule has 0 aliphatic heterocycles. The van der Waals surface area contributed by atoms with E-state index in [1.54, 1.807) is 11.4 Å². The Hall–Kier alpha value is -1.41. The summed E-state index contributed by atoms with van der Waals surface area (Å²) < 4.78 is 31.9. The van der Waals surface area contributed by atoms with Crippen LogP contribution in [0.3, 0.4) is 0 Å². The van der Waals surface area contributed by atoms with Gasteiger partial charge in [-0.2, -0.15) is 0 Å². The third kappa shape index (κ3) is 4.04. The van der Waals surface area contributed by atoms with Gasteiger partial charge in [0.25, 0.3) is 0 Å². The average molecular weight is 312 g/mol. The molecular weight excluding hydrogens is 296 g/mol. The molecule has 0 bridgehead atoms. The maximum absolute atomic E-state index is 12.0. The van der Waals surface area contributed by atoms with Crippen LogP contribution < -0.4 is 15.2 Å². The Kier molecular flexibility index (Phi) is 5.13. The lowest BCUT2D eigenvalue weighted by molar-refractivity contribution is 0.323. The third-order valence-corrected chi connectivity index (χ3v) is 5.10. The third-order valence-electron chi connectivity index (χ3n) is 2.55. The minimum absolute atomic E-state index is 0.213. The van der Waals surface area contributed by atoms with Gasteiger partial charge in [0.2, 0.25) is 10.0 Å². The molecule has 0 aliphatic carbocycles. The second-order valence-electron chi connectivity index (χ2n) is 4.01. The summed E-state index contributed by atoms with van der Waals surface area (Å²) in [6.07, 6.45) is 0. The van der Waals surface area contributed by atoms with Crippen LogP contribution in [0.4, 0.5) is 0 Å². The first-order valence-corrected chi connectivity index (χ1v) is 8.43. The lowest BCUT2D eigenvalue weighted by Gasteiger charge is -2.07. The van der Waals surface area contributed by atoms with Gasteiger partial charge in [-0.3, -0.25) is 0 Å². The Morgan fingerprint density at radius 3 is 2.65 bits per heavy atom. The average Bonchev–Trinajstić information content (AvgIpc) is 2.95. The summed E-state index contributed by atoms with van der Waals surface area (Å²) in [5, 5.41) is 1.59. The highest BCUT2D eigenvalue weighted by Crippen LogP contribution is 2.18. The van der Waals surface area contributed by atoms with E-state index in [1.807, 2.05) is 30.3 Å². The highest BCUT2D eigenvalue weighted by atomic mass is 32.2. The molecule has 0 unspecified atom stereocenters. The highest BCUT2D eigenvalue weighted by Gasteiger charge is 2.15. The number of nitrogens with one attached hydrogen (secondary N) is 1. The van der Waals surface area contributed by atoms with Crippen molar-refractivity contribution in [2.75, 3.05) is 13.2 Å². The van der Waals surface area contributed by atoms with E-state index < -0.39 is 10.0 Å². The SMILES string of the molecule is NCc1cc(S(=O)(=O)NCCOc2ccccc2)cs1. The molecule has 5 nitrogen and oxygen atoms in total. The molecule has 0 atom stereocenters. The number of thiophene rings is 1. The normalized spacial score (nSPS) is 11.4. The van der Waals surface area contributed by atoms with Gasteiger partial charge in [-0.1, -0.05) is 18.2 Å². The number of para-hydroxylation sites is 1. The number of nitrogens with two attached hydrogens (primary N) is 1. The van der Waals surface area contributed by atoms with Crippen molar-refractivity contribution in [1.82, 2.24) is 4.72 Å². The maximum atomic E-state index is 12.0. The van der Waals surface area contributed by atoms with Crippen LogP contribution in [0.2, 0.25) is 0 Å². The molecule has 0 aliphatic rings. The van der Waals surface area contributed by atoms with Gasteiger partial charge in [-0.25, -0.2) is 13.1 Å². The largest absolute Gasteiger partial charge is 0.492 e. The van der Waals surface area contributed by atoms with Crippen molar-refractivity contribution in [3.63, 3.8) is 0 Å². The summed E-state index contributed by atoms with van der Waals surface area (Å²) in [4.78, 5) is 1.09. The molecule has 108 valence electrons. The van der Waals surface area contributed by atoms with E-state index >= 15 is 0 Å². The first-order valence-electron chi connectivity index (χ1n) is 6.07. The Labute approximate surface area is 122 Å². The van der Waals surface area contributed by atoms with Gasteiger partial charge in [-0.05, 0) is 18.2 Å². The second-order valence-corrected chi connectivity index (χ2v) is 6.77. The summed E-state index contributed by atoms with van der Waals surface area (Å²) >= 11 is 1.34. The van der Waals surface area contributed by atoms with Crippen LogP contribution in [0.5, 0.6) is 5.75 Å². The summed E-state index contributed by atoms with van der Waals surface area (Å²) in [6, 6.07) is 10.8. The molecule has 2 rings (SSSR count). The predicted molar refractivity (Wildman–Crippen MR) is 79.3 cm³/mol. The molecule has 0 fully saturated rings. The zero-order chi connectivity index (χ0) is 14.4. The Morgan fingerprint density at radius 1 is 1.25 bits per heavy atom. The van der Waals surface area contributed by atoms with Crippen LogP contribution in [-0.2, 0) is 16.6 Å². The quantitative estimate of drug-likeness (QED) is 0.760. The molecule has 2 aromatic rings. The van der Waals surface area contributed by atoms with Gasteiger partial charge in [-0.15, -0.1) is 11.3 Å². The first-order chi connectivity index (χ1) is 9.62. The monoisotopic (exact) mass is 312 g/mol. The highest BCUT2D eigenvalue weighted by molar-refractivity contribution is 7.89. The van der Waals surface area contributed by atoms with Gasteiger partial charge in [0.15, 0.2) is 0 Å². The molecule has 1 aromatic carbocycles. The maximum Gasteiger partial charge on any atom is 0.241 e. The molecule has 1 aromatic heterocycles. The topological polar surface area (TPSA) is 81.4 Å². The Morgan fingerprint density at radius 2 is 2.00 bits per heavy atom. The van der Waals surface area contributed by atoms with Crippen molar-refractivity contribution in [2.24, 2.45) is 5.73 Å². The summed E-state index contributed by atoms with van der Waals surface area (Å²) in [5.74, 6) is 0.715. The number of ether oxygens (including phenoxy) is 1. The van der Waals surface area contributed by atoms with Crippen molar-refractivity contribution in [3.05, 3.63) is 46.7 Å². The lowest BCUT2D eigenvalue weighted by atomic mass is 10.3. The van der Waals surface area contributed by atoms with E-state index in [0.29, 0.717) is 12.3 Å². The molecule has 0 amide bonds. The van der Waals surface area contributed by atoms with E-state index in [2.05, 4.69) is 4.72 Å². The van der Waals surface area contributed by atoms with Gasteiger partial charge < -0.3 is 10.5 Å². The Balaban J connectivity index is 1.84. The van der Waals surface area contributed by atoms with Crippen LogP contribution >= 0.6 is 11.3 Å². The predicted octanol–water partition coefficient (Wildman–Crippen LogP) is 1.56. The summed E-state index contributed by atoms with van der Waals surface area (Å²) in [6.45, 7) is 0.833. The van der Waals surface area contributed by atoms with Gasteiger partial charge in [0.05, 0.1) is 4.90 Å². The first kappa shape index (κ1) is 15.0. The standard InChI is InChI=1S/C13H16N2O3S2/c14-9-12-8-13(10-19-12)20(16,17)15-6-7-18-11-4-2-1-3-5-11/h1-5,8,10,15H,6-7,9,14H2. The summed E-state index contributed by atoms with van der Waals surface area (Å²) in [5.41, 5.74) is 5.47. The molecule has 7 heteroatoms. The van der Waals surface area contributed by atoms with Gasteiger partial charge in [0, 0.05) is 23.3 Å². The Bertz CT molecular complexity index is 639. The number of rotatable bonds is 7. The van der Waals surface area contributed by atoms with Crippen LogP contribution in [-0.4, -0.2) is 21.6 Å². The summed E-state index contributed by atoms with van der Waals surface area (Å²) in [7, 11) is -3.48. The molecular formula is C13H16N2O3S2. The van der Waals surface area contributed by atoms with Crippen LogP contribution in [0.1, 0.15) is 4.88 Å². The molecule has 0 spiro atoms. The molecule has 0 saturated heterocycles. The number of hydrogen-bond donors (Lipinski definition) is 2. The van der Waals surface area contributed by atoms with E-state index in [0.717, 1.165) is 4.88 Å². The smallest absolute Gasteiger partial charge is 0.241 e. The number of benzene rings is 1. The van der Waals surface area contributed by atoms with Gasteiger partial charge >= 0.3 is 0 Å². The fourth-order valence-corrected chi connectivity index (χ4v) is 3.72. The van der Waals surface area contributed by atoms with Crippen molar-refractivity contribution < 1.29 is 13.2 Å². The van der Waals surface area contributed by atoms with Crippen LogP contribution in [0.25, 0.3) is 0 Å². The minimum Gasteiger partial charge on any atom is -0.492 e. The number of sulfonamides is 1.